The number of nitrogens with zero attached hydrogens (tertiary/aromatic N) is 3. The molecule has 3 rings (SSSR count). The first kappa shape index (κ1) is 21.2. The number of hydrogen-bond donors (Lipinski definition) is 2. The van der Waals surface area contributed by atoms with Gasteiger partial charge in [-0.1, -0.05) is 6.07 Å². The van der Waals surface area contributed by atoms with Gasteiger partial charge in [0.15, 0.2) is 5.96 Å². The first-order valence-electron chi connectivity index (χ1n) is 9.21. The predicted molar refractivity (Wildman–Crippen MR) is 113 cm³/mol. The normalized spacial score (nSPS) is 18.2. The second-order valence-corrected chi connectivity index (χ2v) is 6.69. The molecule has 0 unspecified atom stereocenters. The van der Waals surface area contributed by atoms with Crippen molar-refractivity contribution < 1.29 is 9.47 Å². The minimum atomic E-state index is 0. The van der Waals surface area contributed by atoms with Crippen molar-refractivity contribution in [1.29, 1.82) is 0 Å². The molecule has 0 amide bonds. The average molecular weight is 475 g/mol. The van der Waals surface area contributed by atoms with Gasteiger partial charge < -0.3 is 20.5 Å². The highest BCUT2D eigenvalue weighted by atomic mass is 127. The Morgan fingerprint density at radius 1 is 1.35 bits per heavy atom. The van der Waals surface area contributed by atoms with E-state index in [1.54, 1.807) is 6.20 Å². The third-order valence-corrected chi connectivity index (χ3v) is 4.45. The van der Waals surface area contributed by atoms with Crippen molar-refractivity contribution in [2.24, 2.45) is 16.6 Å². The summed E-state index contributed by atoms with van der Waals surface area (Å²) in [7, 11) is 0. The van der Waals surface area contributed by atoms with Gasteiger partial charge in [-0.2, -0.15) is 0 Å². The molecule has 0 spiro atoms. The number of halogens is 1. The monoisotopic (exact) mass is 475 g/mol. The van der Waals surface area contributed by atoms with Crippen LogP contribution in [0.15, 0.2) is 23.3 Å². The average Bonchev–Trinajstić information content (AvgIpc) is 3.48. The Hall–Kier alpha value is -1.13. The lowest BCUT2D eigenvalue weighted by Crippen LogP contribution is -2.39. The summed E-state index contributed by atoms with van der Waals surface area (Å²) in [4.78, 5) is 11.1. The number of pyridine rings is 1. The molecule has 146 valence electrons. The summed E-state index contributed by atoms with van der Waals surface area (Å²) >= 11 is 0. The van der Waals surface area contributed by atoms with E-state index >= 15 is 0 Å². The van der Waals surface area contributed by atoms with Crippen LogP contribution >= 0.6 is 24.0 Å². The molecule has 2 aliphatic rings. The van der Waals surface area contributed by atoms with Crippen LogP contribution in [0.4, 0.5) is 0 Å². The van der Waals surface area contributed by atoms with Gasteiger partial charge in [-0.05, 0) is 37.3 Å². The Balaban J connectivity index is 0.00000243. The molecule has 2 heterocycles. The van der Waals surface area contributed by atoms with Crippen molar-refractivity contribution in [3.63, 3.8) is 0 Å². The number of nitrogens with two attached hydrogens (primary N) is 1. The van der Waals surface area contributed by atoms with E-state index in [0.717, 1.165) is 63.9 Å². The Bertz CT molecular complexity index is 545. The summed E-state index contributed by atoms with van der Waals surface area (Å²) in [5.74, 6) is 1.91. The van der Waals surface area contributed by atoms with Crippen LogP contribution in [-0.4, -0.2) is 61.8 Å². The molecule has 26 heavy (non-hydrogen) atoms. The Labute approximate surface area is 172 Å². The number of rotatable bonds is 9. The van der Waals surface area contributed by atoms with Crippen LogP contribution in [0, 0.1) is 5.92 Å². The van der Waals surface area contributed by atoms with Crippen LogP contribution in [0.3, 0.4) is 0 Å². The summed E-state index contributed by atoms with van der Waals surface area (Å²) in [6.45, 7) is 6.94. The van der Waals surface area contributed by atoms with Gasteiger partial charge in [-0.15, -0.1) is 24.0 Å². The van der Waals surface area contributed by atoms with Crippen LogP contribution in [0.25, 0.3) is 0 Å². The number of aliphatic imine (C=N–C) groups is 1. The second-order valence-electron chi connectivity index (χ2n) is 6.69. The zero-order chi connectivity index (χ0) is 17.3. The van der Waals surface area contributed by atoms with Gasteiger partial charge in [0.05, 0.1) is 26.4 Å². The van der Waals surface area contributed by atoms with Crippen LogP contribution in [0.5, 0.6) is 5.88 Å². The number of guanidine groups is 1. The number of hydrogen-bond acceptors (Lipinski definition) is 5. The van der Waals surface area contributed by atoms with Gasteiger partial charge >= 0.3 is 0 Å². The number of nitrogens with one attached hydrogen (secondary N) is 1. The van der Waals surface area contributed by atoms with Crippen LogP contribution in [0.1, 0.15) is 24.8 Å². The van der Waals surface area contributed by atoms with Gasteiger partial charge in [-0.3, -0.25) is 4.90 Å². The lowest BCUT2D eigenvalue weighted by molar-refractivity contribution is 0.0376. The molecule has 8 heteroatoms. The fourth-order valence-electron chi connectivity index (χ4n) is 2.65. The standard InChI is InChI=1S/C18H29N5O2.HI/c19-18(20-6-1-7-23-8-10-24-11-9-23)22-13-16-4-5-17(21-12-16)25-14-15-2-3-15;/h4-5,12,15H,1-3,6-11,13-14H2,(H3,19,20,22);1H. The molecule has 3 N–H and O–H groups in total. The fraction of sp³-hybridized carbons (Fsp3) is 0.667. The van der Waals surface area contributed by atoms with E-state index in [1.165, 1.54) is 12.8 Å². The maximum absolute atomic E-state index is 5.92. The largest absolute Gasteiger partial charge is 0.477 e. The minimum Gasteiger partial charge on any atom is -0.477 e. The van der Waals surface area contributed by atoms with Gasteiger partial charge in [0.2, 0.25) is 5.88 Å². The van der Waals surface area contributed by atoms with E-state index < -0.39 is 0 Å². The summed E-state index contributed by atoms with van der Waals surface area (Å²) in [5, 5.41) is 3.17. The zero-order valence-electron chi connectivity index (χ0n) is 15.2. The maximum atomic E-state index is 5.92. The molecule has 1 aromatic rings. The van der Waals surface area contributed by atoms with Crippen molar-refractivity contribution in [2.45, 2.75) is 25.8 Å². The van der Waals surface area contributed by atoms with Gasteiger partial charge in [0.1, 0.15) is 0 Å². The maximum Gasteiger partial charge on any atom is 0.213 e. The topological polar surface area (TPSA) is 85.0 Å². The van der Waals surface area contributed by atoms with E-state index in [2.05, 4.69) is 20.2 Å². The molecule has 0 aromatic carbocycles. The summed E-state index contributed by atoms with van der Waals surface area (Å²) in [6, 6.07) is 3.89. The number of ether oxygens (including phenoxy) is 2. The molecule has 2 fully saturated rings. The zero-order valence-corrected chi connectivity index (χ0v) is 17.6. The minimum absolute atomic E-state index is 0. The molecule has 1 aliphatic heterocycles. The Kier molecular flexibility index (Phi) is 9.41. The van der Waals surface area contributed by atoms with Gasteiger partial charge in [-0.25, -0.2) is 9.98 Å². The van der Waals surface area contributed by atoms with Crippen molar-refractivity contribution in [1.82, 2.24) is 15.2 Å². The van der Waals surface area contributed by atoms with Crippen LogP contribution < -0.4 is 15.8 Å². The SMILES string of the molecule is I.NC(=NCc1ccc(OCC2CC2)nc1)NCCCN1CCOCC1. The summed E-state index contributed by atoms with van der Waals surface area (Å²) < 4.78 is 11.0. The first-order chi connectivity index (χ1) is 12.3. The Morgan fingerprint density at radius 3 is 2.85 bits per heavy atom. The Morgan fingerprint density at radius 2 is 2.15 bits per heavy atom. The highest BCUT2D eigenvalue weighted by molar-refractivity contribution is 14.0. The molecule has 1 aliphatic carbocycles. The summed E-state index contributed by atoms with van der Waals surface area (Å²) in [6.07, 6.45) is 5.42. The van der Waals surface area contributed by atoms with Crippen LogP contribution in [0.2, 0.25) is 0 Å². The van der Waals surface area contributed by atoms with E-state index in [9.17, 15) is 0 Å². The highest BCUT2D eigenvalue weighted by Crippen LogP contribution is 2.29. The lowest BCUT2D eigenvalue weighted by atomic mass is 10.3. The van der Waals surface area contributed by atoms with Crippen molar-refractivity contribution in [2.75, 3.05) is 46.0 Å². The van der Waals surface area contributed by atoms with E-state index in [4.69, 9.17) is 15.2 Å². The second kappa shape index (κ2) is 11.6. The number of morpholine rings is 1. The molecular weight excluding hydrogens is 445 g/mol. The van der Waals surface area contributed by atoms with Crippen molar-refractivity contribution in [3.8, 4) is 5.88 Å². The van der Waals surface area contributed by atoms with Crippen molar-refractivity contribution >= 4 is 29.9 Å². The molecule has 1 saturated heterocycles. The molecule has 0 radical (unpaired) electrons. The van der Waals surface area contributed by atoms with E-state index in [1.807, 2.05) is 12.1 Å². The smallest absolute Gasteiger partial charge is 0.213 e. The third kappa shape index (κ3) is 8.05. The number of aromatic nitrogens is 1. The molecule has 0 bridgehead atoms. The van der Waals surface area contributed by atoms with E-state index in [-0.39, 0.29) is 24.0 Å². The molecule has 1 aromatic heterocycles. The molecule has 0 atom stereocenters. The molecule has 1 saturated carbocycles. The summed E-state index contributed by atoms with van der Waals surface area (Å²) in [5.41, 5.74) is 6.94. The van der Waals surface area contributed by atoms with Crippen LogP contribution in [-0.2, 0) is 11.3 Å². The fourth-order valence-corrected chi connectivity index (χ4v) is 2.65. The first-order valence-corrected chi connectivity index (χ1v) is 9.21. The predicted octanol–water partition coefficient (Wildman–Crippen LogP) is 1.61. The lowest BCUT2D eigenvalue weighted by Gasteiger charge is -2.26. The molecule has 7 nitrogen and oxygen atoms in total. The van der Waals surface area contributed by atoms with Gasteiger partial charge in [0.25, 0.3) is 0 Å². The highest BCUT2D eigenvalue weighted by Gasteiger charge is 2.22. The van der Waals surface area contributed by atoms with Gasteiger partial charge in [0, 0.05) is 31.9 Å². The van der Waals surface area contributed by atoms with E-state index in [0.29, 0.717) is 18.4 Å². The van der Waals surface area contributed by atoms with Crippen molar-refractivity contribution in [3.05, 3.63) is 23.9 Å². The quantitative estimate of drug-likeness (QED) is 0.245. The third-order valence-electron chi connectivity index (χ3n) is 4.45. The molecular formula is C18H30IN5O2.